The van der Waals surface area contributed by atoms with Crippen molar-refractivity contribution >= 4 is 6.16 Å². The number of carbonyl (C=O) groups is 1. The Morgan fingerprint density at radius 2 is 2.00 bits per heavy atom. The zero-order valence-electron chi connectivity index (χ0n) is 6.69. The van der Waals surface area contributed by atoms with Gasteiger partial charge in [-0.25, -0.2) is 4.79 Å². The van der Waals surface area contributed by atoms with Crippen LogP contribution in [0.4, 0.5) is 4.79 Å². The molecule has 0 rings (SSSR count). The molecular formula is C7H12O5. The number of rotatable bonds is 7. The second-order valence-corrected chi connectivity index (χ2v) is 1.76. The molecule has 0 amide bonds. The molecule has 0 aromatic heterocycles. The first-order valence-electron chi connectivity index (χ1n) is 3.43. The third-order valence-corrected chi connectivity index (χ3v) is 0.917. The maximum Gasteiger partial charge on any atom is 0.505 e. The molecule has 1 N–H and O–H groups in total. The second-order valence-electron chi connectivity index (χ2n) is 1.76. The van der Waals surface area contributed by atoms with Gasteiger partial charge in [0.1, 0.15) is 13.2 Å². The first-order chi connectivity index (χ1) is 5.77. The van der Waals surface area contributed by atoms with Gasteiger partial charge in [0, 0.05) is 0 Å². The van der Waals surface area contributed by atoms with Crippen LogP contribution in [0.2, 0.25) is 0 Å². The van der Waals surface area contributed by atoms with Gasteiger partial charge in [0.05, 0.1) is 19.5 Å². The highest BCUT2D eigenvalue weighted by Gasteiger charge is 1.94. The van der Waals surface area contributed by atoms with Gasteiger partial charge in [-0.1, -0.05) is 6.58 Å². The number of ether oxygens (including phenoxy) is 3. The average Bonchev–Trinajstić information content (AvgIpc) is 2.02. The van der Waals surface area contributed by atoms with E-state index in [2.05, 4.69) is 11.3 Å². The predicted octanol–water partition coefficient (Wildman–Crippen LogP) is 0.858. The molecule has 0 aromatic rings. The van der Waals surface area contributed by atoms with Crippen molar-refractivity contribution in [2.75, 3.05) is 26.4 Å². The summed E-state index contributed by atoms with van der Waals surface area (Å²) >= 11 is 0. The SMILES string of the molecule is C=COCCOCCOC(=O)O. The molecular weight excluding hydrogens is 164 g/mol. The summed E-state index contributed by atoms with van der Waals surface area (Å²) in [6.07, 6.45) is 0.0258. The van der Waals surface area contributed by atoms with Crippen LogP contribution in [0.5, 0.6) is 0 Å². The number of hydrogen-bond acceptors (Lipinski definition) is 4. The molecule has 0 spiro atoms. The lowest BCUT2D eigenvalue weighted by Crippen LogP contribution is -2.10. The molecule has 5 nitrogen and oxygen atoms in total. The van der Waals surface area contributed by atoms with Crippen molar-refractivity contribution in [3.63, 3.8) is 0 Å². The zero-order chi connectivity index (χ0) is 9.23. The van der Waals surface area contributed by atoms with Crippen LogP contribution in [-0.2, 0) is 14.2 Å². The van der Waals surface area contributed by atoms with Crippen LogP contribution in [0.1, 0.15) is 0 Å². The largest absolute Gasteiger partial charge is 0.505 e. The minimum Gasteiger partial charge on any atom is -0.499 e. The molecule has 5 heteroatoms. The summed E-state index contributed by atoms with van der Waals surface area (Å²) in [5.41, 5.74) is 0. The fourth-order valence-electron chi connectivity index (χ4n) is 0.480. The van der Waals surface area contributed by atoms with E-state index in [0.717, 1.165) is 0 Å². The Balaban J connectivity index is 2.90. The molecule has 0 saturated heterocycles. The maximum atomic E-state index is 9.82. The van der Waals surface area contributed by atoms with Gasteiger partial charge < -0.3 is 19.3 Å². The molecule has 0 aliphatic rings. The van der Waals surface area contributed by atoms with Crippen LogP contribution in [0.15, 0.2) is 12.8 Å². The molecule has 0 radical (unpaired) electrons. The van der Waals surface area contributed by atoms with Crippen molar-refractivity contribution in [2.45, 2.75) is 0 Å². The molecule has 0 aliphatic carbocycles. The van der Waals surface area contributed by atoms with E-state index in [1.165, 1.54) is 6.26 Å². The van der Waals surface area contributed by atoms with Gasteiger partial charge in [-0.15, -0.1) is 0 Å². The minimum atomic E-state index is -1.29. The van der Waals surface area contributed by atoms with Gasteiger partial charge in [-0.2, -0.15) is 0 Å². The Labute approximate surface area is 70.5 Å². The van der Waals surface area contributed by atoms with Crippen LogP contribution in [0.25, 0.3) is 0 Å². The van der Waals surface area contributed by atoms with Crippen LogP contribution >= 0.6 is 0 Å². The summed E-state index contributed by atoms with van der Waals surface area (Å²) in [5.74, 6) is 0. The van der Waals surface area contributed by atoms with Crippen molar-refractivity contribution < 1.29 is 24.1 Å². The summed E-state index contributed by atoms with van der Waals surface area (Å²) in [6.45, 7) is 4.44. The molecule has 12 heavy (non-hydrogen) atoms. The topological polar surface area (TPSA) is 65.0 Å². The van der Waals surface area contributed by atoms with Crippen molar-refractivity contribution in [3.05, 3.63) is 12.8 Å². The van der Waals surface area contributed by atoms with E-state index in [4.69, 9.17) is 14.6 Å². The Morgan fingerprint density at radius 3 is 2.58 bits per heavy atom. The summed E-state index contributed by atoms with van der Waals surface area (Å²) < 4.78 is 13.8. The van der Waals surface area contributed by atoms with E-state index in [0.29, 0.717) is 13.2 Å². The lowest BCUT2D eigenvalue weighted by molar-refractivity contribution is 0.0341. The zero-order valence-corrected chi connectivity index (χ0v) is 6.69. The van der Waals surface area contributed by atoms with E-state index in [1.54, 1.807) is 0 Å². The summed E-state index contributed by atoms with van der Waals surface area (Å²) in [6, 6.07) is 0. The Morgan fingerprint density at radius 1 is 1.33 bits per heavy atom. The van der Waals surface area contributed by atoms with Gasteiger partial charge >= 0.3 is 6.16 Å². The summed E-state index contributed by atoms with van der Waals surface area (Å²) in [4.78, 5) is 9.82. The fraction of sp³-hybridized carbons (Fsp3) is 0.571. The fourth-order valence-corrected chi connectivity index (χ4v) is 0.480. The molecule has 0 aliphatic heterocycles. The highest BCUT2D eigenvalue weighted by molar-refractivity contribution is 5.56. The Bertz CT molecular complexity index is 134. The third-order valence-electron chi connectivity index (χ3n) is 0.917. The molecule has 0 unspecified atom stereocenters. The van der Waals surface area contributed by atoms with Crippen LogP contribution in [-0.4, -0.2) is 37.7 Å². The second kappa shape index (κ2) is 7.87. The van der Waals surface area contributed by atoms with Gasteiger partial charge in [0.25, 0.3) is 0 Å². The molecule has 0 saturated carbocycles. The Hall–Kier alpha value is -1.23. The summed E-state index contributed by atoms with van der Waals surface area (Å²) in [7, 11) is 0. The van der Waals surface area contributed by atoms with Crippen LogP contribution < -0.4 is 0 Å². The first-order valence-corrected chi connectivity index (χ1v) is 3.43. The van der Waals surface area contributed by atoms with E-state index >= 15 is 0 Å². The van der Waals surface area contributed by atoms with E-state index in [9.17, 15) is 4.79 Å². The number of carboxylic acid groups (broad SMARTS) is 1. The van der Waals surface area contributed by atoms with Gasteiger partial charge in [-0.05, 0) is 0 Å². The van der Waals surface area contributed by atoms with Crippen molar-refractivity contribution in [1.29, 1.82) is 0 Å². The monoisotopic (exact) mass is 176 g/mol. The van der Waals surface area contributed by atoms with Gasteiger partial charge in [-0.3, -0.25) is 0 Å². The van der Waals surface area contributed by atoms with E-state index in [-0.39, 0.29) is 13.2 Å². The van der Waals surface area contributed by atoms with E-state index < -0.39 is 6.16 Å². The third kappa shape index (κ3) is 8.77. The lowest BCUT2D eigenvalue weighted by Gasteiger charge is -2.02. The molecule has 0 heterocycles. The lowest BCUT2D eigenvalue weighted by atomic mass is 10.7. The van der Waals surface area contributed by atoms with Crippen LogP contribution in [0.3, 0.4) is 0 Å². The molecule has 0 fully saturated rings. The highest BCUT2D eigenvalue weighted by Crippen LogP contribution is 1.81. The first kappa shape index (κ1) is 10.8. The minimum absolute atomic E-state index is 0.0451. The maximum absolute atomic E-state index is 9.82. The van der Waals surface area contributed by atoms with Gasteiger partial charge in [0.15, 0.2) is 0 Å². The molecule has 0 aromatic carbocycles. The van der Waals surface area contributed by atoms with Gasteiger partial charge in [0.2, 0.25) is 0 Å². The normalized spacial score (nSPS) is 9.00. The average molecular weight is 176 g/mol. The van der Waals surface area contributed by atoms with Crippen molar-refractivity contribution in [1.82, 2.24) is 0 Å². The Kier molecular flexibility index (Phi) is 7.07. The molecule has 0 bridgehead atoms. The van der Waals surface area contributed by atoms with Crippen LogP contribution in [0, 0.1) is 0 Å². The summed E-state index contributed by atoms with van der Waals surface area (Å²) in [5, 5.41) is 8.04. The standard InChI is InChI=1S/C7H12O5/c1-2-10-3-4-11-5-6-12-7(8)9/h2H,1,3-6H2,(H,8,9). The molecule has 70 valence electrons. The smallest absolute Gasteiger partial charge is 0.499 e. The number of hydrogen-bond donors (Lipinski definition) is 1. The van der Waals surface area contributed by atoms with E-state index in [1.807, 2.05) is 0 Å². The molecule has 0 atom stereocenters. The van der Waals surface area contributed by atoms with Crippen molar-refractivity contribution in [2.24, 2.45) is 0 Å². The highest BCUT2D eigenvalue weighted by atomic mass is 16.7. The quantitative estimate of drug-likeness (QED) is 0.354. The van der Waals surface area contributed by atoms with Crippen molar-refractivity contribution in [3.8, 4) is 0 Å². The predicted molar refractivity (Wildman–Crippen MR) is 40.9 cm³/mol.